The van der Waals surface area contributed by atoms with Gasteiger partial charge in [-0.05, 0) is 42.8 Å². The van der Waals surface area contributed by atoms with Gasteiger partial charge in [-0.15, -0.1) is 11.8 Å². The van der Waals surface area contributed by atoms with Crippen LogP contribution < -0.4 is 10.6 Å². The zero-order valence-electron chi connectivity index (χ0n) is 13.9. The molecule has 0 bridgehead atoms. The molecule has 0 fully saturated rings. The van der Waals surface area contributed by atoms with Crippen LogP contribution in [0.3, 0.4) is 0 Å². The van der Waals surface area contributed by atoms with Crippen LogP contribution in [0, 0.1) is 6.92 Å². The molecule has 8 heteroatoms. The second-order valence-corrected chi connectivity index (χ2v) is 8.52. The number of anilines is 2. The Labute approximate surface area is 167 Å². The van der Waals surface area contributed by atoms with Gasteiger partial charge in [-0.1, -0.05) is 39.4 Å². The van der Waals surface area contributed by atoms with E-state index in [-0.39, 0.29) is 23.3 Å². The molecule has 5 nitrogen and oxygen atoms in total. The van der Waals surface area contributed by atoms with Gasteiger partial charge in [0.2, 0.25) is 11.8 Å². The van der Waals surface area contributed by atoms with E-state index in [0.717, 1.165) is 25.9 Å². The highest BCUT2D eigenvalue weighted by Crippen LogP contribution is 2.26. The summed E-state index contributed by atoms with van der Waals surface area (Å²) in [5.41, 5.74) is 2.75. The van der Waals surface area contributed by atoms with Crippen molar-refractivity contribution >= 4 is 71.9 Å². The normalized spacial score (nSPS) is 10.7. The van der Waals surface area contributed by atoms with E-state index in [2.05, 4.69) is 31.5 Å². The minimum atomic E-state index is -0.166. The summed E-state index contributed by atoms with van der Waals surface area (Å²) in [4.78, 5) is 28.4. The molecule has 0 aliphatic heterocycles. The predicted octanol–water partition coefficient (Wildman–Crippen LogP) is 4.68. The number of thioether (sulfide) groups is 1. The van der Waals surface area contributed by atoms with Gasteiger partial charge in [0.1, 0.15) is 0 Å². The number of halogens is 1. The number of rotatable bonds is 6. The molecular formula is C18H16BrN3O2S2. The number of hydrogen-bond acceptors (Lipinski definition) is 5. The van der Waals surface area contributed by atoms with Gasteiger partial charge in [0.25, 0.3) is 0 Å². The Hall–Kier alpha value is -1.90. The second kappa shape index (κ2) is 8.66. The summed E-state index contributed by atoms with van der Waals surface area (Å²) in [6, 6.07) is 13.4. The van der Waals surface area contributed by atoms with Crippen molar-refractivity contribution in [2.45, 2.75) is 6.92 Å². The first kappa shape index (κ1) is 18.9. The summed E-state index contributed by atoms with van der Waals surface area (Å²) in [5, 5.41) is 6.17. The van der Waals surface area contributed by atoms with Crippen LogP contribution in [0.5, 0.6) is 0 Å². The Morgan fingerprint density at radius 3 is 2.65 bits per heavy atom. The van der Waals surface area contributed by atoms with Crippen molar-refractivity contribution in [1.29, 1.82) is 0 Å². The molecule has 0 aliphatic rings. The van der Waals surface area contributed by atoms with Crippen LogP contribution in [-0.2, 0) is 9.59 Å². The lowest BCUT2D eigenvalue weighted by atomic mass is 10.2. The van der Waals surface area contributed by atoms with Gasteiger partial charge in [0.05, 0.1) is 21.7 Å². The van der Waals surface area contributed by atoms with E-state index in [4.69, 9.17) is 0 Å². The van der Waals surface area contributed by atoms with Crippen molar-refractivity contribution < 1.29 is 9.59 Å². The van der Waals surface area contributed by atoms with Crippen LogP contribution in [0.15, 0.2) is 46.9 Å². The van der Waals surface area contributed by atoms with Crippen LogP contribution in [0.25, 0.3) is 10.2 Å². The molecule has 0 atom stereocenters. The van der Waals surface area contributed by atoms with Gasteiger partial charge in [-0.3, -0.25) is 9.59 Å². The van der Waals surface area contributed by atoms with Crippen LogP contribution in [-0.4, -0.2) is 28.3 Å². The van der Waals surface area contributed by atoms with Crippen LogP contribution in [0.2, 0.25) is 0 Å². The molecule has 2 amide bonds. The number of aromatic nitrogens is 1. The number of aryl methyl sites for hydroxylation is 1. The minimum absolute atomic E-state index is 0.142. The second-order valence-electron chi connectivity index (χ2n) is 5.59. The van der Waals surface area contributed by atoms with E-state index in [1.807, 2.05) is 49.4 Å². The lowest BCUT2D eigenvalue weighted by Crippen LogP contribution is -2.18. The fraction of sp³-hybridized carbons (Fsp3) is 0.167. The van der Waals surface area contributed by atoms with E-state index in [1.165, 1.54) is 23.1 Å². The SMILES string of the molecule is Cc1ccc2nc(NC(=O)CSCC(=O)Nc3cccc(Br)c3)sc2c1. The Kier molecular flexibility index (Phi) is 6.29. The van der Waals surface area contributed by atoms with Crippen LogP contribution in [0.1, 0.15) is 5.56 Å². The summed E-state index contributed by atoms with van der Waals surface area (Å²) >= 11 is 6.07. The van der Waals surface area contributed by atoms with E-state index in [0.29, 0.717) is 5.13 Å². The Morgan fingerprint density at radius 2 is 1.88 bits per heavy atom. The number of carbonyl (C=O) groups is 2. The summed E-state index contributed by atoms with van der Waals surface area (Å²) < 4.78 is 1.94. The van der Waals surface area contributed by atoms with Gasteiger partial charge >= 0.3 is 0 Å². The number of carbonyl (C=O) groups excluding carboxylic acids is 2. The zero-order chi connectivity index (χ0) is 18.5. The van der Waals surface area contributed by atoms with Gasteiger partial charge in [0, 0.05) is 10.2 Å². The van der Waals surface area contributed by atoms with Crippen LogP contribution >= 0.6 is 39.0 Å². The van der Waals surface area contributed by atoms with Crippen molar-refractivity contribution in [3.8, 4) is 0 Å². The topological polar surface area (TPSA) is 71.1 Å². The summed E-state index contributed by atoms with van der Waals surface area (Å²) in [7, 11) is 0. The molecule has 0 saturated carbocycles. The summed E-state index contributed by atoms with van der Waals surface area (Å²) in [6.45, 7) is 2.02. The number of hydrogen-bond donors (Lipinski definition) is 2. The maximum Gasteiger partial charge on any atom is 0.236 e. The Morgan fingerprint density at radius 1 is 1.12 bits per heavy atom. The van der Waals surface area contributed by atoms with Crippen molar-refractivity contribution in [3.05, 3.63) is 52.5 Å². The van der Waals surface area contributed by atoms with Crippen molar-refractivity contribution in [2.75, 3.05) is 22.1 Å². The number of fused-ring (bicyclic) bond motifs is 1. The molecule has 3 rings (SSSR count). The predicted molar refractivity (Wildman–Crippen MR) is 113 cm³/mol. The molecule has 134 valence electrons. The monoisotopic (exact) mass is 449 g/mol. The average molecular weight is 450 g/mol. The maximum atomic E-state index is 12.0. The number of thiazole rings is 1. The van der Waals surface area contributed by atoms with Gasteiger partial charge in [-0.25, -0.2) is 4.98 Å². The molecule has 26 heavy (non-hydrogen) atoms. The Bertz CT molecular complexity index is 959. The molecule has 0 aliphatic carbocycles. The fourth-order valence-corrected chi connectivity index (χ4v) is 4.24. The highest BCUT2D eigenvalue weighted by molar-refractivity contribution is 9.10. The first-order valence-electron chi connectivity index (χ1n) is 7.80. The molecule has 0 saturated heterocycles. The number of benzene rings is 2. The highest BCUT2D eigenvalue weighted by Gasteiger charge is 2.10. The summed E-state index contributed by atoms with van der Waals surface area (Å²) in [6.07, 6.45) is 0. The molecule has 3 aromatic rings. The fourth-order valence-electron chi connectivity index (χ4n) is 2.24. The first-order chi connectivity index (χ1) is 12.5. The molecule has 1 heterocycles. The molecule has 0 spiro atoms. The molecule has 2 aromatic carbocycles. The highest BCUT2D eigenvalue weighted by atomic mass is 79.9. The molecule has 2 N–H and O–H groups in total. The first-order valence-corrected chi connectivity index (χ1v) is 10.6. The van der Waals surface area contributed by atoms with Gasteiger partial charge in [0.15, 0.2) is 5.13 Å². The van der Waals surface area contributed by atoms with Crippen molar-refractivity contribution in [2.24, 2.45) is 0 Å². The van der Waals surface area contributed by atoms with E-state index in [9.17, 15) is 9.59 Å². The summed E-state index contributed by atoms with van der Waals surface area (Å²) in [5.74, 6) is 0.0946. The van der Waals surface area contributed by atoms with Crippen LogP contribution in [0.4, 0.5) is 10.8 Å². The average Bonchev–Trinajstić information content (AvgIpc) is 2.96. The third-order valence-corrected chi connectivity index (χ3v) is 5.72. The van der Waals surface area contributed by atoms with Crippen molar-refractivity contribution in [1.82, 2.24) is 4.98 Å². The third-order valence-electron chi connectivity index (χ3n) is 3.36. The Balaban J connectivity index is 1.45. The molecule has 0 unspecified atom stereocenters. The number of nitrogens with zero attached hydrogens (tertiary/aromatic N) is 1. The maximum absolute atomic E-state index is 12.0. The third kappa shape index (κ3) is 5.30. The number of nitrogens with one attached hydrogen (secondary N) is 2. The lowest BCUT2D eigenvalue weighted by Gasteiger charge is -2.05. The molecule has 0 radical (unpaired) electrons. The van der Waals surface area contributed by atoms with Crippen molar-refractivity contribution in [3.63, 3.8) is 0 Å². The minimum Gasteiger partial charge on any atom is -0.325 e. The smallest absolute Gasteiger partial charge is 0.236 e. The lowest BCUT2D eigenvalue weighted by molar-refractivity contribution is -0.114. The van der Waals surface area contributed by atoms with E-state index in [1.54, 1.807) is 0 Å². The quantitative estimate of drug-likeness (QED) is 0.572. The van der Waals surface area contributed by atoms with Gasteiger partial charge < -0.3 is 10.6 Å². The molecule has 1 aromatic heterocycles. The zero-order valence-corrected chi connectivity index (χ0v) is 17.1. The van der Waals surface area contributed by atoms with E-state index < -0.39 is 0 Å². The molecular weight excluding hydrogens is 434 g/mol. The van der Waals surface area contributed by atoms with E-state index >= 15 is 0 Å². The standard InChI is InChI=1S/C18H16BrN3O2S2/c1-11-5-6-14-15(7-11)26-18(21-14)22-17(24)10-25-9-16(23)20-13-4-2-3-12(19)8-13/h2-8H,9-10H2,1H3,(H,20,23)(H,21,22,24). The van der Waals surface area contributed by atoms with Gasteiger partial charge in [-0.2, -0.15) is 0 Å². The number of amides is 2. The largest absolute Gasteiger partial charge is 0.325 e.